The Morgan fingerprint density at radius 2 is 1.91 bits per heavy atom. The van der Waals surface area contributed by atoms with Gasteiger partial charge >= 0.3 is 0 Å². The van der Waals surface area contributed by atoms with Crippen molar-refractivity contribution < 1.29 is 4.79 Å². The van der Waals surface area contributed by atoms with Crippen LogP contribution in [0.5, 0.6) is 0 Å². The molecule has 1 aromatic heterocycles. The Morgan fingerprint density at radius 1 is 1.14 bits per heavy atom. The number of hydrogen-bond acceptors (Lipinski definition) is 4. The Balaban J connectivity index is 1.76. The molecule has 2 aromatic carbocycles. The van der Waals surface area contributed by atoms with Crippen molar-refractivity contribution in [3.05, 3.63) is 53.0 Å². The summed E-state index contributed by atoms with van der Waals surface area (Å²) >= 11 is 1.43. The van der Waals surface area contributed by atoms with Gasteiger partial charge in [0.15, 0.2) is 0 Å². The topological polar surface area (TPSA) is 54.9 Å². The normalized spacial score (nSPS) is 11.0. The Kier molecular flexibility index (Phi) is 4.15. The second-order valence-corrected chi connectivity index (χ2v) is 6.68. The minimum absolute atomic E-state index is 0.155. The predicted molar refractivity (Wildman–Crippen MR) is 90.4 cm³/mol. The standard InChI is InChI=1S/C17H17N3OS/c1-11(2)9-15-19-20-17(22-15)18-16(21)14-8-7-12-5-3-4-6-13(12)10-14/h3-8,10-11H,9H2,1-2H3,(H,18,20,21). The SMILES string of the molecule is CC(C)Cc1nnc(NC(=O)c2ccc3ccccc3c2)s1. The van der Waals surface area contributed by atoms with Crippen LogP contribution < -0.4 is 5.32 Å². The molecule has 0 spiro atoms. The van der Waals surface area contributed by atoms with Gasteiger partial charge in [-0.05, 0) is 28.8 Å². The molecule has 0 saturated carbocycles. The summed E-state index contributed by atoms with van der Waals surface area (Å²) in [6.45, 7) is 4.27. The average molecular weight is 311 g/mol. The first kappa shape index (κ1) is 14.7. The summed E-state index contributed by atoms with van der Waals surface area (Å²) in [5.41, 5.74) is 0.624. The van der Waals surface area contributed by atoms with Crippen molar-refractivity contribution >= 4 is 33.1 Å². The molecule has 0 bridgehead atoms. The number of rotatable bonds is 4. The van der Waals surface area contributed by atoms with E-state index in [1.165, 1.54) is 11.3 Å². The Labute approximate surface area is 133 Å². The van der Waals surface area contributed by atoms with Crippen LogP contribution in [-0.2, 0) is 6.42 Å². The van der Waals surface area contributed by atoms with Crippen LogP contribution >= 0.6 is 11.3 Å². The third-order valence-corrected chi connectivity index (χ3v) is 4.14. The highest BCUT2D eigenvalue weighted by Gasteiger charge is 2.11. The lowest BCUT2D eigenvalue weighted by molar-refractivity contribution is 0.102. The van der Waals surface area contributed by atoms with Crippen molar-refractivity contribution in [2.45, 2.75) is 20.3 Å². The zero-order chi connectivity index (χ0) is 15.5. The molecule has 1 N–H and O–H groups in total. The summed E-state index contributed by atoms with van der Waals surface area (Å²) in [5, 5.41) is 14.6. The first-order valence-electron chi connectivity index (χ1n) is 7.24. The number of amides is 1. The van der Waals surface area contributed by atoms with Crippen molar-refractivity contribution in [3.63, 3.8) is 0 Å². The van der Waals surface area contributed by atoms with E-state index >= 15 is 0 Å². The fourth-order valence-electron chi connectivity index (χ4n) is 2.24. The third-order valence-electron chi connectivity index (χ3n) is 3.28. The van der Waals surface area contributed by atoms with Crippen molar-refractivity contribution in [2.24, 2.45) is 5.92 Å². The molecule has 0 aliphatic heterocycles. The zero-order valence-corrected chi connectivity index (χ0v) is 13.4. The third kappa shape index (κ3) is 3.31. The molecular weight excluding hydrogens is 294 g/mol. The van der Waals surface area contributed by atoms with Crippen molar-refractivity contribution in [1.29, 1.82) is 0 Å². The molecule has 0 atom stereocenters. The smallest absolute Gasteiger partial charge is 0.257 e. The molecule has 3 rings (SSSR count). The van der Waals surface area contributed by atoms with Crippen LogP contribution in [-0.4, -0.2) is 16.1 Å². The monoisotopic (exact) mass is 311 g/mol. The molecule has 0 radical (unpaired) electrons. The van der Waals surface area contributed by atoms with E-state index in [0.29, 0.717) is 16.6 Å². The molecule has 1 heterocycles. The minimum atomic E-state index is -0.155. The molecule has 0 saturated heterocycles. The summed E-state index contributed by atoms with van der Waals surface area (Å²) in [5.74, 6) is 0.370. The van der Waals surface area contributed by atoms with Gasteiger partial charge in [-0.3, -0.25) is 10.1 Å². The summed E-state index contributed by atoms with van der Waals surface area (Å²) in [6.07, 6.45) is 0.878. The van der Waals surface area contributed by atoms with Gasteiger partial charge in [-0.15, -0.1) is 10.2 Å². The van der Waals surface area contributed by atoms with Crippen LogP contribution in [0.25, 0.3) is 10.8 Å². The largest absolute Gasteiger partial charge is 0.296 e. The van der Waals surface area contributed by atoms with Crippen LogP contribution in [0.3, 0.4) is 0 Å². The lowest BCUT2D eigenvalue weighted by Crippen LogP contribution is -2.11. The number of nitrogens with zero attached hydrogens (tertiary/aromatic N) is 2. The van der Waals surface area contributed by atoms with Gasteiger partial charge in [0, 0.05) is 12.0 Å². The van der Waals surface area contributed by atoms with E-state index in [4.69, 9.17) is 0 Å². The lowest BCUT2D eigenvalue weighted by Gasteiger charge is -2.03. The predicted octanol–water partition coefficient (Wildman–Crippen LogP) is 4.14. The van der Waals surface area contributed by atoms with Gasteiger partial charge < -0.3 is 0 Å². The maximum atomic E-state index is 12.3. The van der Waals surface area contributed by atoms with E-state index in [0.717, 1.165) is 22.2 Å². The molecule has 112 valence electrons. The Morgan fingerprint density at radius 3 is 2.68 bits per heavy atom. The fraction of sp³-hybridized carbons (Fsp3) is 0.235. The van der Waals surface area contributed by atoms with Crippen LogP contribution in [0.4, 0.5) is 5.13 Å². The number of carbonyl (C=O) groups excluding carboxylic acids is 1. The first-order chi connectivity index (χ1) is 10.6. The molecule has 1 amide bonds. The summed E-state index contributed by atoms with van der Waals surface area (Å²) < 4.78 is 0. The molecule has 5 heteroatoms. The molecule has 0 aliphatic carbocycles. The van der Waals surface area contributed by atoms with Gasteiger partial charge in [0.2, 0.25) is 5.13 Å². The number of nitrogens with one attached hydrogen (secondary N) is 1. The second-order valence-electron chi connectivity index (χ2n) is 5.61. The van der Waals surface area contributed by atoms with Crippen LogP contribution in [0.2, 0.25) is 0 Å². The number of fused-ring (bicyclic) bond motifs is 1. The molecule has 0 unspecified atom stereocenters. The van der Waals surface area contributed by atoms with E-state index in [1.807, 2.05) is 42.5 Å². The van der Waals surface area contributed by atoms with Crippen molar-refractivity contribution in [1.82, 2.24) is 10.2 Å². The summed E-state index contributed by atoms with van der Waals surface area (Å²) in [4.78, 5) is 12.3. The highest BCUT2D eigenvalue weighted by Crippen LogP contribution is 2.20. The molecule has 0 aliphatic rings. The van der Waals surface area contributed by atoms with Gasteiger partial charge in [-0.2, -0.15) is 0 Å². The van der Waals surface area contributed by atoms with E-state index in [-0.39, 0.29) is 5.91 Å². The summed E-state index contributed by atoms with van der Waals surface area (Å²) in [7, 11) is 0. The van der Waals surface area contributed by atoms with Gasteiger partial charge in [0.1, 0.15) is 5.01 Å². The number of anilines is 1. The fourth-order valence-corrected chi connectivity index (χ4v) is 3.18. The highest BCUT2D eigenvalue weighted by atomic mass is 32.1. The highest BCUT2D eigenvalue weighted by molar-refractivity contribution is 7.15. The maximum absolute atomic E-state index is 12.3. The zero-order valence-electron chi connectivity index (χ0n) is 12.5. The number of hydrogen-bond donors (Lipinski definition) is 1. The Hall–Kier alpha value is -2.27. The number of benzene rings is 2. The Bertz CT molecular complexity index is 810. The van der Waals surface area contributed by atoms with E-state index in [9.17, 15) is 4.79 Å². The average Bonchev–Trinajstić information content (AvgIpc) is 2.93. The molecule has 3 aromatic rings. The maximum Gasteiger partial charge on any atom is 0.257 e. The molecule has 4 nitrogen and oxygen atoms in total. The van der Waals surface area contributed by atoms with Crippen LogP contribution in [0.15, 0.2) is 42.5 Å². The van der Waals surface area contributed by atoms with Gasteiger partial charge in [0.05, 0.1) is 0 Å². The van der Waals surface area contributed by atoms with E-state index in [1.54, 1.807) is 0 Å². The van der Waals surface area contributed by atoms with Gasteiger partial charge in [-0.25, -0.2) is 0 Å². The number of aromatic nitrogens is 2. The quantitative estimate of drug-likeness (QED) is 0.787. The van der Waals surface area contributed by atoms with Crippen LogP contribution in [0.1, 0.15) is 29.2 Å². The van der Waals surface area contributed by atoms with Crippen molar-refractivity contribution in [3.8, 4) is 0 Å². The molecule has 22 heavy (non-hydrogen) atoms. The minimum Gasteiger partial charge on any atom is -0.296 e. The summed E-state index contributed by atoms with van der Waals surface area (Å²) in [6, 6.07) is 13.6. The van der Waals surface area contributed by atoms with Gasteiger partial charge in [0.25, 0.3) is 5.91 Å². The lowest BCUT2D eigenvalue weighted by atomic mass is 10.1. The van der Waals surface area contributed by atoms with E-state index < -0.39 is 0 Å². The molecule has 0 fully saturated rings. The first-order valence-corrected chi connectivity index (χ1v) is 8.06. The molecular formula is C17H17N3OS. The second kappa shape index (κ2) is 6.23. The van der Waals surface area contributed by atoms with Crippen molar-refractivity contribution in [2.75, 3.05) is 5.32 Å². The number of carbonyl (C=O) groups is 1. The van der Waals surface area contributed by atoms with Crippen LogP contribution in [0, 0.1) is 5.92 Å². The van der Waals surface area contributed by atoms with Gasteiger partial charge in [-0.1, -0.05) is 55.5 Å². The van der Waals surface area contributed by atoms with E-state index in [2.05, 4.69) is 29.4 Å².